The Morgan fingerprint density at radius 2 is 2.16 bits per heavy atom. The second-order valence-corrected chi connectivity index (χ2v) is 10.1. The number of hydrogen-bond donors (Lipinski definition) is 2. The highest BCUT2D eigenvalue weighted by Crippen LogP contribution is 2.44. The number of benzene rings is 1. The minimum Gasteiger partial charge on any atom is -0.481 e. The van der Waals surface area contributed by atoms with Crippen molar-refractivity contribution in [3.63, 3.8) is 0 Å². The molecule has 0 saturated heterocycles. The van der Waals surface area contributed by atoms with Crippen LogP contribution in [-0.2, 0) is 28.5 Å². The number of nitrogens with one attached hydrogen (secondary N) is 1. The highest BCUT2D eigenvalue weighted by Gasteiger charge is 2.45. The molecule has 0 bridgehead atoms. The summed E-state index contributed by atoms with van der Waals surface area (Å²) < 4.78 is 37.5. The van der Waals surface area contributed by atoms with E-state index in [9.17, 15) is 13.5 Å². The smallest absolute Gasteiger partial charge is 0.221 e. The van der Waals surface area contributed by atoms with E-state index in [0.29, 0.717) is 43.1 Å². The maximum atomic E-state index is 11.8. The number of rotatable bonds is 8. The molecule has 0 amide bonds. The van der Waals surface area contributed by atoms with Crippen molar-refractivity contribution in [1.82, 2.24) is 14.7 Å². The van der Waals surface area contributed by atoms with E-state index in [2.05, 4.69) is 20.8 Å². The number of nitrogens with zero attached hydrogens (tertiary/aromatic N) is 2. The van der Waals surface area contributed by atoms with Gasteiger partial charge >= 0.3 is 0 Å². The molecule has 4 rings (SSSR count). The molecule has 3 aromatic rings. The van der Waals surface area contributed by atoms with Crippen LogP contribution in [-0.4, -0.2) is 42.9 Å². The Hall–Kier alpha value is -2.75. The zero-order valence-electron chi connectivity index (χ0n) is 18.1. The van der Waals surface area contributed by atoms with Gasteiger partial charge in [0.05, 0.1) is 25.4 Å². The average Bonchev–Trinajstić information content (AvgIpc) is 3.41. The topological polar surface area (TPSA) is 115 Å². The molecule has 2 aromatic heterocycles. The standard InChI is InChI=1S/C23H27N3O5S/c1-30-21-20(7-4-10-24-21)17-6-3-5-16(11-17)12-23(22-25-19(14-27)15-31-22)9-8-18(13-23)26-32(2,28)29/h3-7,10-11,15,18,26-27H,8-9,12-14H2,1-2H3/t18-,23+/m0/s1. The van der Waals surface area contributed by atoms with Crippen molar-refractivity contribution in [2.45, 2.75) is 43.7 Å². The number of methoxy groups -OCH3 is 1. The van der Waals surface area contributed by atoms with E-state index in [0.717, 1.165) is 16.7 Å². The minimum atomic E-state index is -3.32. The number of oxazole rings is 1. The quantitative estimate of drug-likeness (QED) is 0.534. The van der Waals surface area contributed by atoms with Crippen LogP contribution in [0.5, 0.6) is 5.88 Å². The average molecular weight is 458 g/mol. The summed E-state index contributed by atoms with van der Waals surface area (Å²) in [6, 6.07) is 11.8. The van der Waals surface area contributed by atoms with E-state index in [1.165, 1.54) is 12.5 Å². The van der Waals surface area contributed by atoms with Gasteiger partial charge in [-0.05, 0) is 48.9 Å². The van der Waals surface area contributed by atoms with Gasteiger partial charge in [-0.3, -0.25) is 0 Å². The third-order valence-electron chi connectivity index (χ3n) is 5.90. The molecule has 2 N–H and O–H groups in total. The fourth-order valence-electron chi connectivity index (χ4n) is 4.60. The molecule has 1 aromatic carbocycles. The number of sulfonamides is 1. The summed E-state index contributed by atoms with van der Waals surface area (Å²) >= 11 is 0. The van der Waals surface area contributed by atoms with Gasteiger partial charge in [-0.2, -0.15) is 0 Å². The van der Waals surface area contributed by atoms with Gasteiger partial charge in [0.15, 0.2) is 0 Å². The van der Waals surface area contributed by atoms with Crippen molar-refractivity contribution in [2.24, 2.45) is 0 Å². The van der Waals surface area contributed by atoms with Gasteiger partial charge < -0.3 is 14.3 Å². The predicted octanol–water partition coefficient (Wildman–Crippen LogP) is 2.82. The van der Waals surface area contributed by atoms with Gasteiger partial charge in [0.25, 0.3) is 0 Å². The summed E-state index contributed by atoms with van der Waals surface area (Å²) in [5.74, 6) is 1.08. The van der Waals surface area contributed by atoms with Crippen LogP contribution >= 0.6 is 0 Å². The molecule has 170 valence electrons. The van der Waals surface area contributed by atoms with Gasteiger partial charge in [0.2, 0.25) is 21.8 Å². The first kappa shape index (κ1) is 22.4. The maximum Gasteiger partial charge on any atom is 0.221 e. The molecule has 0 radical (unpaired) electrons. The summed E-state index contributed by atoms with van der Waals surface area (Å²) in [4.78, 5) is 8.78. The van der Waals surface area contributed by atoms with Crippen molar-refractivity contribution in [2.75, 3.05) is 13.4 Å². The minimum absolute atomic E-state index is 0.198. The van der Waals surface area contributed by atoms with E-state index >= 15 is 0 Å². The van der Waals surface area contributed by atoms with Crippen molar-refractivity contribution in [3.05, 3.63) is 66.0 Å². The monoisotopic (exact) mass is 457 g/mol. The molecule has 2 atom stereocenters. The first-order valence-electron chi connectivity index (χ1n) is 10.4. The number of aromatic nitrogens is 2. The lowest BCUT2D eigenvalue weighted by atomic mass is 9.79. The molecule has 0 spiro atoms. The third kappa shape index (κ3) is 4.85. The van der Waals surface area contributed by atoms with Crippen molar-refractivity contribution in [1.29, 1.82) is 0 Å². The molecule has 32 heavy (non-hydrogen) atoms. The van der Waals surface area contributed by atoms with Crippen LogP contribution in [0.15, 0.2) is 53.3 Å². The normalized spacial score (nSPS) is 21.0. The molecule has 1 fully saturated rings. The van der Waals surface area contributed by atoms with E-state index in [1.54, 1.807) is 13.3 Å². The Bertz CT molecular complexity index is 1190. The van der Waals surface area contributed by atoms with E-state index in [4.69, 9.17) is 9.15 Å². The fourth-order valence-corrected chi connectivity index (χ4v) is 5.40. The molecule has 0 aliphatic heterocycles. The third-order valence-corrected chi connectivity index (χ3v) is 6.66. The van der Waals surface area contributed by atoms with Crippen LogP contribution in [0.2, 0.25) is 0 Å². The van der Waals surface area contributed by atoms with Crippen LogP contribution in [0.3, 0.4) is 0 Å². The van der Waals surface area contributed by atoms with Gasteiger partial charge in [-0.15, -0.1) is 0 Å². The van der Waals surface area contributed by atoms with Gasteiger partial charge in [-0.1, -0.05) is 24.3 Å². The van der Waals surface area contributed by atoms with E-state index in [1.807, 2.05) is 30.3 Å². The Balaban J connectivity index is 1.68. The lowest BCUT2D eigenvalue weighted by molar-refractivity contribution is 0.276. The molecule has 1 aliphatic carbocycles. The Morgan fingerprint density at radius 3 is 2.88 bits per heavy atom. The highest BCUT2D eigenvalue weighted by molar-refractivity contribution is 7.88. The Labute approximate surface area is 187 Å². The number of hydrogen-bond acceptors (Lipinski definition) is 7. The maximum absolute atomic E-state index is 11.8. The van der Waals surface area contributed by atoms with Gasteiger partial charge in [-0.25, -0.2) is 23.1 Å². The molecule has 2 heterocycles. The SMILES string of the molecule is COc1ncccc1-c1cccc(C[C@]2(c3nc(CO)co3)CC[C@H](NS(C)(=O)=O)C2)c1. The molecular weight excluding hydrogens is 430 g/mol. The number of aliphatic hydroxyl groups is 1. The molecule has 8 nitrogen and oxygen atoms in total. The van der Waals surface area contributed by atoms with E-state index in [-0.39, 0.29) is 12.6 Å². The molecule has 0 unspecified atom stereocenters. The van der Waals surface area contributed by atoms with Crippen molar-refractivity contribution < 1.29 is 22.7 Å². The van der Waals surface area contributed by atoms with Crippen molar-refractivity contribution >= 4 is 10.0 Å². The lowest BCUT2D eigenvalue weighted by Gasteiger charge is -2.26. The summed E-state index contributed by atoms with van der Waals surface area (Å²) in [5.41, 5.74) is 2.93. The lowest BCUT2D eigenvalue weighted by Crippen LogP contribution is -2.35. The second-order valence-electron chi connectivity index (χ2n) is 8.35. The second kappa shape index (κ2) is 9.01. The van der Waals surface area contributed by atoms with Crippen LogP contribution < -0.4 is 9.46 Å². The summed E-state index contributed by atoms with van der Waals surface area (Å²) in [6.45, 7) is -0.207. The molecule has 1 saturated carbocycles. The summed E-state index contributed by atoms with van der Waals surface area (Å²) in [6.07, 6.45) is 6.91. The van der Waals surface area contributed by atoms with Crippen LogP contribution in [0.4, 0.5) is 0 Å². The fraction of sp³-hybridized carbons (Fsp3) is 0.391. The zero-order valence-corrected chi connectivity index (χ0v) is 18.9. The zero-order chi connectivity index (χ0) is 22.8. The largest absolute Gasteiger partial charge is 0.481 e. The van der Waals surface area contributed by atoms with Crippen LogP contribution in [0, 0.1) is 0 Å². The molecule has 1 aliphatic rings. The predicted molar refractivity (Wildman–Crippen MR) is 120 cm³/mol. The Morgan fingerprint density at radius 1 is 1.31 bits per heavy atom. The highest BCUT2D eigenvalue weighted by atomic mass is 32.2. The summed E-state index contributed by atoms with van der Waals surface area (Å²) in [7, 11) is -1.73. The van der Waals surface area contributed by atoms with Crippen molar-refractivity contribution in [3.8, 4) is 17.0 Å². The number of pyridine rings is 1. The molecular formula is C23H27N3O5S. The van der Waals surface area contributed by atoms with Gasteiger partial charge in [0.1, 0.15) is 12.0 Å². The number of aliphatic hydroxyl groups excluding tert-OH is 1. The van der Waals surface area contributed by atoms with Gasteiger partial charge in [0, 0.05) is 17.8 Å². The van der Waals surface area contributed by atoms with E-state index < -0.39 is 15.4 Å². The Kier molecular flexibility index (Phi) is 6.32. The molecule has 9 heteroatoms. The van der Waals surface area contributed by atoms with Crippen LogP contribution in [0.1, 0.15) is 36.4 Å². The first-order chi connectivity index (χ1) is 15.3. The van der Waals surface area contributed by atoms with Crippen LogP contribution in [0.25, 0.3) is 11.1 Å². The number of ether oxygens (including phenoxy) is 1. The summed E-state index contributed by atoms with van der Waals surface area (Å²) in [5, 5.41) is 9.45. The first-order valence-corrected chi connectivity index (χ1v) is 12.3.